The van der Waals surface area contributed by atoms with Gasteiger partial charge >= 0.3 is 5.69 Å². The predicted molar refractivity (Wildman–Crippen MR) is 119 cm³/mol. The second-order valence-electron chi connectivity index (χ2n) is 6.87. The molecule has 0 saturated heterocycles. The van der Waals surface area contributed by atoms with Crippen molar-refractivity contribution < 1.29 is 9.13 Å². The van der Waals surface area contributed by atoms with Crippen LogP contribution in [0.15, 0.2) is 69.3 Å². The van der Waals surface area contributed by atoms with Crippen molar-refractivity contribution in [2.75, 3.05) is 6.61 Å². The Morgan fingerprint density at radius 1 is 1.03 bits per heavy atom. The minimum atomic E-state index is -0.578. The smallest absolute Gasteiger partial charge is 0.325 e. The molecule has 0 aliphatic heterocycles. The third kappa shape index (κ3) is 5.14. The molecule has 0 amide bonds. The molecule has 4 rings (SSSR count). The van der Waals surface area contributed by atoms with Gasteiger partial charge in [-0.1, -0.05) is 23.9 Å². The molecule has 8 nitrogen and oxygen atoms in total. The van der Waals surface area contributed by atoms with E-state index in [9.17, 15) is 14.0 Å². The number of hydrogen-bond donors (Lipinski definition) is 2. The molecule has 0 radical (unpaired) electrons. The first-order chi connectivity index (χ1) is 15.5. The highest BCUT2D eigenvalue weighted by Crippen LogP contribution is 2.27. The van der Waals surface area contributed by atoms with E-state index in [1.165, 1.54) is 30.0 Å². The van der Waals surface area contributed by atoms with Crippen molar-refractivity contribution in [1.29, 1.82) is 0 Å². The number of thioether (sulfide) groups is 1. The van der Waals surface area contributed by atoms with Crippen molar-refractivity contribution in [3.8, 4) is 11.4 Å². The topological polar surface area (TPSA) is 106 Å². The van der Waals surface area contributed by atoms with E-state index >= 15 is 0 Å². The van der Waals surface area contributed by atoms with Gasteiger partial charge in [0.25, 0.3) is 5.56 Å². The average molecular weight is 453 g/mol. The van der Waals surface area contributed by atoms with Crippen LogP contribution < -0.4 is 16.0 Å². The molecule has 2 aromatic carbocycles. The van der Waals surface area contributed by atoms with Crippen molar-refractivity contribution >= 4 is 11.8 Å². The van der Waals surface area contributed by atoms with Gasteiger partial charge in [0.1, 0.15) is 17.4 Å². The van der Waals surface area contributed by atoms with Crippen LogP contribution in [0, 0.1) is 5.82 Å². The fraction of sp³-hybridized carbons (Fsp3) is 0.182. The van der Waals surface area contributed by atoms with E-state index in [0.717, 1.165) is 17.0 Å². The van der Waals surface area contributed by atoms with Crippen LogP contribution in [0.25, 0.3) is 5.69 Å². The van der Waals surface area contributed by atoms with Crippen molar-refractivity contribution in [3.63, 3.8) is 0 Å². The van der Waals surface area contributed by atoms with E-state index in [0.29, 0.717) is 29.0 Å². The Morgan fingerprint density at radius 3 is 2.47 bits per heavy atom. The molecule has 10 heteroatoms. The summed E-state index contributed by atoms with van der Waals surface area (Å²) in [7, 11) is 0. The van der Waals surface area contributed by atoms with Gasteiger partial charge in [0.05, 0.1) is 6.61 Å². The van der Waals surface area contributed by atoms with Crippen LogP contribution in [0.3, 0.4) is 0 Å². The quantitative estimate of drug-likeness (QED) is 0.397. The minimum absolute atomic E-state index is 0.205. The van der Waals surface area contributed by atoms with Gasteiger partial charge in [0, 0.05) is 29.6 Å². The van der Waals surface area contributed by atoms with Crippen LogP contribution in [0.2, 0.25) is 0 Å². The number of ether oxygens (including phenoxy) is 1. The summed E-state index contributed by atoms with van der Waals surface area (Å²) < 4.78 is 20.6. The van der Waals surface area contributed by atoms with E-state index in [-0.39, 0.29) is 12.2 Å². The van der Waals surface area contributed by atoms with Crippen molar-refractivity contribution in [3.05, 3.63) is 98.3 Å². The number of halogens is 1. The molecule has 0 atom stereocenters. The Morgan fingerprint density at radius 2 is 1.78 bits per heavy atom. The summed E-state index contributed by atoms with van der Waals surface area (Å²) >= 11 is 1.45. The summed E-state index contributed by atoms with van der Waals surface area (Å²) in [6.45, 7) is 2.48. The first-order valence-corrected chi connectivity index (χ1v) is 10.9. The van der Waals surface area contributed by atoms with Gasteiger partial charge < -0.3 is 9.72 Å². The molecule has 0 aliphatic carbocycles. The number of nitrogens with zero attached hydrogens (tertiary/aromatic N) is 3. The molecule has 2 aromatic heterocycles. The number of nitrogens with one attached hydrogen (secondary N) is 2. The van der Waals surface area contributed by atoms with Crippen molar-refractivity contribution in [2.24, 2.45) is 0 Å². The molecule has 0 spiro atoms. The maximum absolute atomic E-state index is 13.2. The summed E-state index contributed by atoms with van der Waals surface area (Å²) in [5.41, 5.74) is 1.11. The lowest BCUT2D eigenvalue weighted by molar-refractivity contribution is 0.340. The van der Waals surface area contributed by atoms with Gasteiger partial charge in [-0.05, 0) is 48.9 Å². The lowest BCUT2D eigenvalue weighted by Gasteiger charge is -2.11. The molecule has 0 saturated carbocycles. The molecule has 0 unspecified atom stereocenters. The number of rotatable bonds is 8. The average Bonchev–Trinajstić information content (AvgIpc) is 3.16. The summed E-state index contributed by atoms with van der Waals surface area (Å²) in [6, 6.07) is 15.1. The molecular formula is C22H20FN5O3S. The number of hydrogen-bond acceptors (Lipinski definition) is 6. The first kappa shape index (κ1) is 21.6. The Kier molecular flexibility index (Phi) is 6.50. The lowest BCUT2D eigenvalue weighted by Crippen LogP contribution is -2.23. The van der Waals surface area contributed by atoms with Crippen molar-refractivity contribution in [2.45, 2.75) is 24.3 Å². The zero-order chi connectivity index (χ0) is 22.5. The molecule has 2 heterocycles. The highest BCUT2D eigenvalue weighted by Gasteiger charge is 2.16. The molecule has 0 fully saturated rings. The predicted octanol–water partition coefficient (Wildman–Crippen LogP) is 3.06. The Hall–Kier alpha value is -3.66. The van der Waals surface area contributed by atoms with Crippen LogP contribution in [0.5, 0.6) is 5.75 Å². The maximum atomic E-state index is 13.2. The third-order valence-corrected chi connectivity index (χ3v) is 5.55. The van der Waals surface area contributed by atoms with E-state index in [1.54, 1.807) is 12.1 Å². The second-order valence-corrected chi connectivity index (χ2v) is 7.81. The summed E-state index contributed by atoms with van der Waals surface area (Å²) in [6.07, 6.45) is 0.205. The summed E-state index contributed by atoms with van der Waals surface area (Å²) in [5.74, 6) is 1.57. The lowest BCUT2D eigenvalue weighted by atomic mass is 10.2. The first-order valence-electron chi connectivity index (χ1n) is 9.89. The Balaban J connectivity index is 1.68. The number of H-pyrrole nitrogens is 2. The molecule has 4 aromatic rings. The van der Waals surface area contributed by atoms with Crippen LogP contribution in [0.4, 0.5) is 4.39 Å². The summed E-state index contributed by atoms with van der Waals surface area (Å²) in [4.78, 5) is 28.1. The van der Waals surface area contributed by atoms with Gasteiger partial charge in [-0.15, -0.1) is 10.2 Å². The fourth-order valence-electron chi connectivity index (χ4n) is 3.14. The van der Waals surface area contributed by atoms with Gasteiger partial charge in [-0.2, -0.15) is 0 Å². The minimum Gasteiger partial charge on any atom is -0.494 e. The van der Waals surface area contributed by atoms with Crippen LogP contribution >= 0.6 is 11.8 Å². The zero-order valence-electron chi connectivity index (χ0n) is 17.2. The zero-order valence-corrected chi connectivity index (χ0v) is 18.0. The third-order valence-electron chi connectivity index (χ3n) is 4.55. The maximum Gasteiger partial charge on any atom is 0.325 e. The van der Waals surface area contributed by atoms with Crippen LogP contribution in [0.1, 0.15) is 24.0 Å². The highest BCUT2D eigenvalue weighted by molar-refractivity contribution is 7.98. The van der Waals surface area contributed by atoms with E-state index in [2.05, 4.69) is 20.2 Å². The number of aromatic nitrogens is 5. The van der Waals surface area contributed by atoms with Crippen LogP contribution in [-0.2, 0) is 12.2 Å². The van der Waals surface area contributed by atoms with Gasteiger partial charge in [-0.3, -0.25) is 14.3 Å². The summed E-state index contributed by atoms with van der Waals surface area (Å²) in [5, 5.41) is 9.24. The fourth-order valence-corrected chi connectivity index (χ4v) is 4.07. The SMILES string of the molecule is CCOc1ccc(-n2c(Cc3cc(=O)[nH]c(=O)[nH]3)nnc2SCc2ccc(F)cc2)cc1. The van der Waals surface area contributed by atoms with E-state index < -0.39 is 11.2 Å². The van der Waals surface area contributed by atoms with Gasteiger partial charge in [0.15, 0.2) is 5.16 Å². The molecule has 32 heavy (non-hydrogen) atoms. The standard InChI is InChI=1S/C22H20FN5O3S/c1-2-31-18-9-7-17(8-10-18)28-19(11-16-12-20(29)25-21(30)24-16)26-27-22(28)32-13-14-3-5-15(23)6-4-14/h3-10,12H,2,11,13H2,1H3,(H2,24,25,29,30). The normalized spacial score (nSPS) is 10.9. The second kappa shape index (κ2) is 9.65. The Bertz CT molecular complexity index is 1280. The van der Waals surface area contributed by atoms with Gasteiger partial charge in [0.2, 0.25) is 0 Å². The number of benzene rings is 2. The van der Waals surface area contributed by atoms with E-state index in [4.69, 9.17) is 4.74 Å². The monoisotopic (exact) mass is 453 g/mol. The largest absolute Gasteiger partial charge is 0.494 e. The molecular weight excluding hydrogens is 433 g/mol. The van der Waals surface area contributed by atoms with Crippen molar-refractivity contribution in [1.82, 2.24) is 24.7 Å². The molecule has 0 bridgehead atoms. The van der Waals surface area contributed by atoms with Crippen LogP contribution in [-0.4, -0.2) is 31.3 Å². The number of aromatic amines is 2. The highest BCUT2D eigenvalue weighted by atomic mass is 32.2. The molecule has 2 N–H and O–H groups in total. The molecule has 0 aliphatic rings. The van der Waals surface area contributed by atoms with Gasteiger partial charge in [-0.25, -0.2) is 9.18 Å². The Labute approximate surface area is 186 Å². The van der Waals surface area contributed by atoms with E-state index in [1.807, 2.05) is 35.8 Å². The molecule has 164 valence electrons.